The largest absolute Gasteiger partial charge is 0.496 e. The number of nitrogens with zero attached hydrogens (tertiary/aromatic N) is 5. The van der Waals surface area contributed by atoms with Crippen LogP contribution in [0.5, 0.6) is 11.5 Å². The summed E-state index contributed by atoms with van der Waals surface area (Å²) < 4.78 is 35.1. The number of ether oxygens (including phenoxy) is 2. The van der Waals surface area contributed by atoms with Crippen molar-refractivity contribution >= 4 is 45.1 Å². The maximum Gasteiger partial charge on any atom is 0.224 e. The average Bonchev–Trinajstić information content (AvgIpc) is 3.15. The van der Waals surface area contributed by atoms with Gasteiger partial charge in [0.25, 0.3) is 0 Å². The molecule has 52 heavy (non-hydrogen) atoms. The first-order chi connectivity index (χ1) is 25.0. The van der Waals surface area contributed by atoms with E-state index in [4.69, 9.17) is 20.9 Å². The molecule has 6 rings (SSSR count). The molecular weight excluding hydrogens is 689 g/mol. The number of aromatic nitrogens is 4. The van der Waals surface area contributed by atoms with Crippen molar-refractivity contribution in [3.05, 3.63) is 83.2 Å². The van der Waals surface area contributed by atoms with Crippen LogP contribution in [-0.4, -0.2) is 103 Å². The Morgan fingerprint density at radius 1 is 0.731 bits per heavy atom. The predicted octanol–water partition coefficient (Wildman–Crippen LogP) is 2.60. The van der Waals surface area contributed by atoms with E-state index in [0.717, 1.165) is 25.9 Å². The number of benzene rings is 2. The topological polar surface area (TPSA) is 230 Å². The lowest BCUT2D eigenvalue weighted by Crippen LogP contribution is -2.42. The maximum atomic E-state index is 12.8. The number of nitrogens with two attached hydrogens (primary N) is 2. The van der Waals surface area contributed by atoms with E-state index >= 15 is 0 Å². The van der Waals surface area contributed by atoms with E-state index in [-0.39, 0.29) is 40.4 Å². The zero-order chi connectivity index (χ0) is 37.3. The van der Waals surface area contributed by atoms with Crippen LogP contribution in [0.15, 0.2) is 60.9 Å². The van der Waals surface area contributed by atoms with Gasteiger partial charge in [-0.25, -0.2) is 22.7 Å². The minimum Gasteiger partial charge on any atom is -0.496 e. The van der Waals surface area contributed by atoms with Crippen molar-refractivity contribution in [2.75, 3.05) is 68.8 Å². The van der Waals surface area contributed by atoms with Gasteiger partial charge in [-0.15, -0.1) is 0 Å². The third-order valence-electron chi connectivity index (χ3n) is 8.76. The number of nitrogens with one attached hydrogen (secondary N) is 3. The molecule has 0 aliphatic carbocycles. The van der Waals surface area contributed by atoms with E-state index in [9.17, 15) is 18.0 Å². The highest BCUT2D eigenvalue weighted by Crippen LogP contribution is 2.25. The third-order valence-corrected chi connectivity index (χ3v) is 10.1. The molecule has 4 aromatic rings. The average molecular weight is 733 g/mol. The highest BCUT2D eigenvalue weighted by atomic mass is 32.2. The van der Waals surface area contributed by atoms with Gasteiger partial charge in [0.05, 0.1) is 42.7 Å². The summed E-state index contributed by atoms with van der Waals surface area (Å²) in [7, 11) is -0.150. The normalized spacial score (nSPS) is 15.5. The van der Waals surface area contributed by atoms with Crippen molar-refractivity contribution in [3.8, 4) is 11.5 Å². The van der Waals surface area contributed by atoms with Crippen LogP contribution >= 0.6 is 0 Å². The van der Waals surface area contributed by atoms with Gasteiger partial charge < -0.3 is 36.9 Å². The Labute approximate surface area is 302 Å². The molecule has 2 saturated heterocycles. The van der Waals surface area contributed by atoms with Crippen molar-refractivity contribution in [2.24, 2.45) is 0 Å². The number of carbonyl (C=O) groups is 2. The highest BCUT2D eigenvalue weighted by Gasteiger charge is 2.26. The number of methoxy groups -OCH3 is 2. The monoisotopic (exact) mass is 732 g/mol. The van der Waals surface area contributed by atoms with Gasteiger partial charge in [-0.2, -0.15) is 9.97 Å². The molecule has 0 amide bonds. The number of para-hydroxylation sites is 2. The number of ketones is 2. The van der Waals surface area contributed by atoms with Crippen LogP contribution < -0.4 is 36.9 Å². The molecule has 0 saturated carbocycles. The summed E-state index contributed by atoms with van der Waals surface area (Å²) in [5.74, 6) is 1.38. The number of nitrogen functional groups attached to an aromatic ring is 2. The predicted molar refractivity (Wildman–Crippen MR) is 198 cm³/mol. The minimum atomic E-state index is -3.17. The van der Waals surface area contributed by atoms with E-state index in [0.29, 0.717) is 66.5 Å². The van der Waals surface area contributed by atoms with Crippen LogP contribution in [0.1, 0.15) is 57.5 Å². The molecule has 4 heterocycles. The van der Waals surface area contributed by atoms with Gasteiger partial charge >= 0.3 is 0 Å². The summed E-state index contributed by atoms with van der Waals surface area (Å²) in [4.78, 5) is 42.3. The molecule has 16 nitrogen and oxygen atoms in total. The zero-order valence-electron chi connectivity index (χ0n) is 29.3. The smallest absolute Gasteiger partial charge is 0.224 e. The van der Waals surface area contributed by atoms with Gasteiger partial charge in [0.2, 0.25) is 33.5 Å². The Bertz CT molecular complexity index is 1980. The standard InChI is InChI=1S/C18H23N5O4S.C17H21N5O2/c1-27-15-6-4-3-5-13(15)16(24)14-11-20-18(22-17(14)19)21-12-7-9-23(10-8-12)28(2,25)26;1-24-14-5-3-2-4-12(14)15(23)13-10-20-17(22-16(13)18)21-11-6-8-19-9-7-11/h3-6,11-12H,7-10H2,1-2H3,(H3,19,20,21,22);2-5,10-11,19H,6-9H2,1H3,(H3,18,20,21,22). The molecule has 0 atom stereocenters. The summed E-state index contributed by atoms with van der Waals surface area (Å²) >= 11 is 0. The van der Waals surface area contributed by atoms with Gasteiger partial charge in [-0.05, 0) is 63.0 Å². The maximum absolute atomic E-state index is 12.8. The number of carbonyl (C=O) groups excluding carboxylic acids is 2. The zero-order valence-corrected chi connectivity index (χ0v) is 30.2. The molecule has 2 aromatic carbocycles. The van der Waals surface area contributed by atoms with Crippen molar-refractivity contribution in [1.29, 1.82) is 0 Å². The van der Waals surface area contributed by atoms with E-state index in [1.807, 2.05) is 6.07 Å². The molecule has 2 fully saturated rings. The van der Waals surface area contributed by atoms with Crippen molar-refractivity contribution in [2.45, 2.75) is 37.8 Å². The third kappa shape index (κ3) is 9.48. The number of hydrogen-bond acceptors (Lipinski definition) is 15. The second-order valence-electron chi connectivity index (χ2n) is 12.3. The molecule has 0 radical (unpaired) electrons. The number of rotatable bonds is 11. The van der Waals surface area contributed by atoms with Gasteiger partial charge in [0.1, 0.15) is 23.1 Å². The first kappa shape index (κ1) is 37.9. The van der Waals surface area contributed by atoms with E-state index in [2.05, 4.69) is 35.9 Å². The number of sulfonamides is 1. The van der Waals surface area contributed by atoms with Gasteiger partial charge in [-0.1, -0.05) is 24.3 Å². The molecule has 2 aliphatic rings. The van der Waals surface area contributed by atoms with Crippen LogP contribution in [0.3, 0.4) is 0 Å². The fourth-order valence-corrected chi connectivity index (χ4v) is 6.77. The molecule has 17 heteroatoms. The first-order valence-electron chi connectivity index (χ1n) is 16.8. The van der Waals surface area contributed by atoms with Crippen LogP contribution in [-0.2, 0) is 10.0 Å². The fourth-order valence-electron chi connectivity index (χ4n) is 5.90. The molecule has 2 aliphatic heterocycles. The summed E-state index contributed by atoms with van der Waals surface area (Å²) in [6, 6.07) is 14.2. The van der Waals surface area contributed by atoms with Crippen molar-refractivity contribution in [1.82, 2.24) is 29.6 Å². The Hall–Kier alpha value is -5.39. The van der Waals surface area contributed by atoms with Crippen molar-refractivity contribution < 1.29 is 27.5 Å². The van der Waals surface area contributed by atoms with Crippen LogP contribution in [0.4, 0.5) is 23.5 Å². The summed E-state index contributed by atoms with van der Waals surface area (Å²) in [6.45, 7) is 2.82. The minimum absolute atomic E-state index is 0.0353. The molecule has 2 aromatic heterocycles. The SMILES string of the molecule is COc1ccccc1C(=O)c1cnc(NC2CCN(S(C)(=O)=O)CC2)nc1N.COc1ccccc1C(=O)c1cnc(NC2CCNCC2)nc1N. The van der Waals surface area contributed by atoms with Crippen LogP contribution in [0, 0.1) is 0 Å². The summed E-state index contributed by atoms with van der Waals surface area (Å²) in [5.41, 5.74) is 13.3. The molecule has 276 valence electrons. The Kier molecular flexibility index (Phi) is 12.5. The number of anilines is 4. The first-order valence-corrected chi connectivity index (χ1v) is 18.6. The Balaban J connectivity index is 0.000000203. The van der Waals surface area contributed by atoms with Gasteiger partial charge in [0.15, 0.2) is 0 Å². The van der Waals surface area contributed by atoms with Crippen molar-refractivity contribution in [3.63, 3.8) is 0 Å². The lowest BCUT2D eigenvalue weighted by atomic mass is 10.0. The molecule has 0 bridgehead atoms. The molecular formula is C35H44N10O6S. The summed E-state index contributed by atoms with van der Waals surface area (Å²) in [5, 5.41) is 9.74. The fraction of sp³-hybridized carbons (Fsp3) is 0.371. The second-order valence-corrected chi connectivity index (χ2v) is 14.3. The van der Waals surface area contributed by atoms with Crippen LogP contribution in [0.2, 0.25) is 0 Å². The highest BCUT2D eigenvalue weighted by molar-refractivity contribution is 7.88. The Morgan fingerprint density at radius 2 is 1.15 bits per heavy atom. The lowest BCUT2D eigenvalue weighted by Gasteiger charge is -2.30. The molecule has 7 N–H and O–H groups in total. The van der Waals surface area contributed by atoms with Crippen LogP contribution in [0.25, 0.3) is 0 Å². The number of piperidine rings is 2. The second kappa shape index (κ2) is 17.2. The summed E-state index contributed by atoms with van der Waals surface area (Å²) in [6.07, 6.45) is 7.36. The van der Waals surface area contributed by atoms with Gasteiger partial charge in [0, 0.05) is 37.6 Å². The number of hydrogen-bond donors (Lipinski definition) is 5. The van der Waals surface area contributed by atoms with E-state index in [1.54, 1.807) is 42.5 Å². The van der Waals surface area contributed by atoms with Gasteiger partial charge in [-0.3, -0.25) is 9.59 Å². The lowest BCUT2D eigenvalue weighted by molar-refractivity contribution is 0.102. The van der Waals surface area contributed by atoms with E-state index in [1.165, 1.54) is 37.2 Å². The molecule has 0 spiro atoms. The molecule has 0 unspecified atom stereocenters. The quantitative estimate of drug-likeness (QED) is 0.140. The Morgan fingerprint density at radius 3 is 1.56 bits per heavy atom. The van der Waals surface area contributed by atoms with E-state index < -0.39 is 10.0 Å².